The first-order chi connectivity index (χ1) is 5.81. The molecule has 3 nitrogen and oxygen atoms in total. The van der Waals surface area contributed by atoms with E-state index in [1.54, 1.807) is 0 Å². The van der Waals surface area contributed by atoms with E-state index in [4.69, 9.17) is 0 Å². The van der Waals surface area contributed by atoms with Gasteiger partial charge in [-0.1, -0.05) is 40.9 Å². The summed E-state index contributed by atoms with van der Waals surface area (Å²) in [7, 11) is 1.32. The molecule has 4 heteroatoms. The van der Waals surface area contributed by atoms with Gasteiger partial charge < -0.3 is 0 Å². The molecule has 0 spiro atoms. The van der Waals surface area contributed by atoms with Crippen LogP contribution in [-0.2, 0) is 14.3 Å². The first-order valence-electron chi connectivity index (χ1n) is 3.33. The van der Waals surface area contributed by atoms with Crippen LogP contribution in [-0.4, -0.2) is 7.11 Å². The second-order valence-corrected chi connectivity index (χ2v) is 2.11. The number of hydrogen-bond acceptors (Lipinski definition) is 4. The van der Waals surface area contributed by atoms with Crippen LogP contribution in [0.3, 0.4) is 0 Å². The van der Waals surface area contributed by atoms with E-state index in [0.717, 1.165) is 0 Å². The number of rotatable bonds is 2. The standard InChI is InChI=1S/C7H8.CH4O3S/c1-7-5-3-2-4-6-7;1-2-3-4-5/h2-6H,1H3;5H,1H3. The van der Waals surface area contributed by atoms with Gasteiger partial charge in [-0.25, -0.2) is 4.89 Å². The van der Waals surface area contributed by atoms with Gasteiger partial charge in [0.15, 0.2) is 0 Å². The maximum atomic E-state index is 3.89. The molecule has 0 fully saturated rings. The molecule has 0 atom stereocenters. The van der Waals surface area contributed by atoms with Crippen LogP contribution in [0.15, 0.2) is 30.3 Å². The van der Waals surface area contributed by atoms with Crippen LogP contribution in [0.4, 0.5) is 0 Å². The van der Waals surface area contributed by atoms with E-state index in [9.17, 15) is 0 Å². The van der Waals surface area contributed by atoms with Gasteiger partial charge >= 0.3 is 0 Å². The predicted molar refractivity (Wildman–Crippen MR) is 49.3 cm³/mol. The van der Waals surface area contributed by atoms with Gasteiger partial charge in [-0.15, -0.1) is 4.33 Å². The third kappa shape index (κ3) is 7.56. The fourth-order valence-corrected chi connectivity index (χ4v) is 0.626. The highest BCUT2D eigenvalue weighted by Crippen LogP contribution is 1.92. The minimum atomic E-state index is 1.32. The van der Waals surface area contributed by atoms with Gasteiger partial charge in [-0.2, -0.15) is 0 Å². The molecular formula is C8H12O3S. The van der Waals surface area contributed by atoms with Crippen molar-refractivity contribution in [3.63, 3.8) is 0 Å². The molecule has 0 aliphatic rings. The summed E-state index contributed by atoms with van der Waals surface area (Å²) in [5.41, 5.74) is 1.32. The van der Waals surface area contributed by atoms with E-state index >= 15 is 0 Å². The fourth-order valence-electron chi connectivity index (χ4n) is 0.565. The highest BCUT2D eigenvalue weighted by atomic mass is 32.1. The fraction of sp³-hybridized carbons (Fsp3) is 0.250. The molecule has 12 heavy (non-hydrogen) atoms. The van der Waals surface area contributed by atoms with E-state index < -0.39 is 0 Å². The Hall–Kier alpha value is -0.550. The second-order valence-electron chi connectivity index (χ2n) is 1.96. The molecule has 0 radical (unpaired) electrons. The molecule has 0 saturated heterocycles. The first kappa shape index (κ1) is 11.4. The zero-order valence-electron chi connectivity index (χ0n) is 7.06. The number of benzene rings is 1. The van der Waals surface area contributed by atoms with Gasteiger partial charge in [-0.3, -0.25) is 0 Å². The van der Waals surface area contributed by atoms with Crippen molar-refractivity contribution in [2.45, 2.75) is 6.92 Å². The maximum absolute atomic E-state index is 3.89. The lowest BCUT2D eigenvalue weighted by molar-refractivity contribution is -0.446. The van der Waals surface area contributed by atoms with Gasteiger partial charge in [0.05, 0.1) is 7.11 Å². The molecule has 0 aliphatic carbocycles. The monoisotopic (exact) mass is 188 g/mol. The lowest BCUT2D eigenvalue weighted by Gasteiger charge is -1.83. The van der Waals surface area contributed by atoms with Crippen molar-refractivity contribution in [3.05, 3.63) is 35.9 Å². The summed E-state index contributed by atoms with van der Waals surface area (Å²) < 4.78 is 3.66. The molecule has 0 saturated carbocycles. The summed E-state index contributed by atoms with van der Waals surface area (Å²) in [5, 5.41) is 3.70. The Morgan fingerprint density at radius 1 is 1.17 bits per heavy atom. The van der Waals surface area contributed by atoms with Gasteiger partial charge in [0, 0.05) is 12.9 Å². The largest absolute Gasteiger partial charge is 0.209 e. The van der Waals surface area contributed by atoms with E-state index in [0.29, 0.717) is 0 Å². The first-order valence-corrected chi connectivity index (χ1v) is 3.70. The van der Waals surface area contributed by atoms with Gasteiger partial charge in [0.2, 0.25) is 0 Å². The zero-order chi connectivity index (χ0) is 9.23. The smallest absolute Gasteiger partial charge is 0.0744 e. The SMILES string of the molecule is COOOS.Cc1ccccc1. The summed E-state index contributed by atoms with van der Waals surface area (Å²) in [5.74, 6) is 0. The average molecular weight is 188 g/mol. The quantitative estimate of drug-likeness (QED) is 0.334. The minimum Gasteiger partial charge on any atom is -0.209 e. The van der Waals surface area contributed by atoms with Gasteiger partial charge in [-0.05, 0) is 6.92 Å². The van der Waals surface area contributed by atoms with Crippen molar-refractivity contribution in [3.8, 4) is 0 Å². The molecule has 0 heterocycles. The highest BCUT2D eigenvalue weighted by Gasteiger charge is 1.72. The Labute approximate surface area is 77.7 Å². The molecular weight excluding hydrogens is 176 g/mol. The lowest BCUT2D eigenvalue weighted by Crippen LogP contribution is -1.77. The van der Waals surface area contributed by atoms with Crippen LogP contribution in [0.25, 0.3) is 0 Å². The van der Waals surface area contributed by atoms with Crippen molar-refractivity contribution >= 4 is 12.9 Å². The number of aryl methyl sites for hydroxylation is 1. The van der Waals surface area contributed by atoms with Crippen molar-refractivity contribution in [2.75, 3.05) is 7.11 Å². The summed E-state index contributed by atoms with van der Waals surface area (Å²) in [6, 6.07) is 10.3. The van der Waals surface area contributed by atoms with E-state index in [1.807, 2.05) is 18.2 Å². The topological polar surface area (TPSA) is 27.7 Å². The Balaban J connectivity index is 0.000000217. The molecule has 0 aromatic heterocycles. The van der Waals surface area contributed by atoms with Crippen LogP contribution in [0.5, 0.6) is 0 Å². The van der Waals surface area contributed by atoms with Crippen LogP contribution in [0.2, 0.25) is 0 Å². The van der Waals surface area contributed by atoms with Gasteiger partial charge in [0.25, 0.3) is 0 Å². The number of thiol groups is 1. The van der Waals surface area contributed by atoms with Crippen molar-refractivity contribution < 1.29 is 14.3 Å². The Kier molecular flexibility index (Phi) is 8.15. The van der Waals surface area contributed by atoms with Crippen molar-refractivity contribution in [1.29, 1.82) is 0 Å². The third-order valence-electron chi connectivity index (χ3n) is 1.04. The summed E-state index contributed by atoms with van der Waals surface area (Å²) in [6.07, 6.45) is 0. The molecule has 0 N–H and O–H groups in total. The molecule has 0 unspecified atom stereocenters. The Morgan fingerprint density at radius 3 is 1.92 bits per heavy atom. The van der Waals surface area contributed by atoms with Crippen LogP contribution in [0, 0.1) is 6.92 Å². The summed E-state index contributed by atoms with van der Waals surface area (Å²) in [6.45, 7) is 2.08. The molecule has 68 valence electrons. The Morgan fingerprint density at radius 2 is 1.75 bits per heavy atom. The predicted octanol–water partition coefficient (Wildman–Crippen LogP) is 2.34. The van der Waals surface area contributed by atoms with Crippen LogP contribution < -0.4 is 0 Å². The Bertz CT molecular complexity index is 177. The van der Waals surface area contributed by atoms with E-state index in [1.165, 1.54) is 12.7 Å². The highest BCUT2D eigenvalue weighted by molar-refractivity contribution is 7.74. The normalized spacial score (nSPS) is 8.58. The second kappa shape index (κ2) is 8.55. The number of hydrogen-bond donors (Lipinski definition) is 1. The average Bonchev–Trinajstić information content (AvgIpc) is 2.08. The van der Waals surface area contributed by atoms with Gasteiger partial charge in [0.1, 0.15) is 0 Å². The summed E-state index contributed by atoms with van der Waals surface area (Å²) >= 11 is 3.15. The molecule has 0 aliphatic heterocycles. The summed E-state index contributed by atoms with van der Waals surface area (Å²) in [4.78, 5) is 3.89. The molecule has 0 amide bonds. The third-order valence-corrected chi connectivity index (χ3v) is 1.10. The van der Waals surface area contributed by atoms with Crippen molar-refractivity contribution in [2.24, 2.45) is 0 Å². The maximum Gasteiger partial charge on any atom is 0.0744 e. The van der Waals surface area contributed by atoms with E-state index in [-0.39, 0.29) is 0 Å². The molecule has 1 aromatic rings. The zero-order valence-corrected chi connectivity index (χ0v) is 7.95. The van der Waals surface area contributed by atoms with Crippen LogP contribution >= 0.6 is 12.9 Å². The molecule has 1 aromatic carbocycles. The van der Waals surface area contributed by atoms with E-state index in [2.05, 4.69) is 46.2 Å². The molecule has 1 rings (SSSR count). The van der Waals surface area contributed by atoms with Crippen molar-refractivity contribution in [1.82, 2.24) is 0 Å². The molecule has 0 bridgehead atoms. The van der Waals surface area contributed by atoms with Crippen LogP contribution in [0.1, 0.15) is 5.56 Å². The lowest BCUT2D eigenvalue weighted by atomic mass is 10.2. The minimum absolute atomic E-state index is 1.32.